The summed E-state index contributed by atoms with van der Waals surface area (Å²) in [4.78, 5) is 17.6. The van der Waals surface area contributed by atoms with Crippen LogP contribution < -0.4 is 9.47 Å². The molecule has 0 atom stereocenters. The van der Waals surface area contributed by atoms with Crippen molar-refractivity contribution in [1.82, 2.24) is 4.90 Å². The first kappa shape index (κ1) is 22.7. The van der Waals surface area contributed by atoms with E-state index >= 15 is 0 Å². The molecule has 2 heterocycles. The Morgan fingerprint density at radius 1 is 1.15 bits per heavy atom. The quantitative estimate of drug-likeness (QED) is 0.493. The Morgan fingerprint density at radius 2 is 1.91 bits per heavy atom. The maximum atomic E-state index is 12.6. The Labute approximate surface area is 195 Å². The minimum absolute atomic E-state index is 0.0522. The van der Waals surface area contributed by atoms with Crippen molar-refractivity contribution in [3.8, 4) is 11.5 Å². The minimum Gasteiger partial charge on any atom is -0.493 e. The summed E-state index contributed by atoms with van der Waals surface area (Å²) in [7, 11) is -2.20. The zero-order valence-corrected chi connectivity index (χ0v) is 19.4. The summed E-state index contributed by atoms with van der Waals surface area (Å²) in [6.45, 7) is 1.85. The van der Waals surface area contributed by atoms with Crippen LogP contribution in [0.5, 0.6) is 11.5 Å². The molecule has 4 rings (SSSR count). The predicted molar refractivity (Wildman–Crippen MR) is 128 cm³/mol. The van der Waals surface area contributed by atoms with Crippen molar-refractivity contribution < 1.29 is 22.7 Å². The molecule has 0 aromatic heterocycles. The van der Waals surface area contributed by atoms with Gasteiger partial charge in [0.05, 0.1) is 30.4 Å². The van der Waals surface area contributed by atoms with E-state index in [2.05, 4.69) is 9.39 Å². The van der Waals surface area contributed by atoms with Crippen LogP contribution in [0.25, 0.3) is 6.08 Å². The predicted octanol–water partition coefficient (Wildman–Crippen LogP) is 3.29. The van der Waals surface area contributed by atoms with Crippen molar-refractivity contribution in [2.45, 2.75) is 13.5 Å². The molecule has 33 heavy (non-hydrogen) atoms. The lowest BCUT2D eigenvalue weighted by Gasteiger charge is -2.24. The number of nitrogens with one attached hydrogen (secondary N) is 1. The van der Waals surface area contributed by atoms with Gasteiger partial charge in [0.2, 0.25) is 20.2 Å². The van der Waals surface area contributed by atoms with Gasteiger partial charge in [-0.25, -0.2) is 13.3 Å². The van der Waals surface area contributed by atoms with Gasteiger partial charge in [-0.15, -0.1) is 0 Å². The Hall–Kier alpha value is -3.44. The number of benzene rings is 2. The zero-order chi connectivity index (χ0) is 23.6. The number of amides is 1. The standard InChI is InChI=1S/C22H20N4O5S2/c1-3-33(28,29)22-25-32-21-24-20(27)16(19(23)26(21)22)11-15-9-10-17(18(12-15)30-2)31-13-14-7-5-4-6-8-14/h4-12,23H,3,13H2,1-2H3/b16-11-,23-19?. The lowest BCUT2D eigenvalue weighted by Crippen LogP contribution is -2.45. The molecular weight excluding hydrogens is 464 g/mol. The number of aliphatic imine (C=N–C) groups is 1. The van der Waals surface area contributed by atoms with E-state index in [9.17, 15) is 13.2 Å². The number of carbonyl (C=O) groups is 1. The van der Waals surface area contributed by atoms with Crippen LogP contribution in [-0.2, 0) is 21.2 Å². The number of amidine groups is 3. The molecule has 0 fully saturated rings. The number of hydrogen-bond donors (Lipinski definition) is 1. The summed E-state index contributed by atoms with van der Waals surface area (Å²) in [5.41, 5.74) is 1.51. The fraction of sp³-hybridized carbons (Fsp3) is 0.182. The van der Waals surface area contributed by atoms with Crippen LogP contribution in [0.2, 0.25) is 0 Å². The topological polar surface area (TPSA) is 121 Å². The van der Waals surface area contributed by atoms with E-state index in [-0.39, 0.29) is 27.5 Å². The lowest BCUT2D eigenvalue weighted by atomic mass is 10.1. The Kier molecular flexibility index (Phi) is 6.34. The molecule has 0 spiro atoms. The first-order valence-electron chi connectivity index (χ1n) is 9.90. The SMILES string of the molecule is CCS(=O)(=O)C1=NSC2=NC(=O)/C(=C\c3ccc(OCc4ccccc4)c(OC)c3)C(=N)N21. The highest BCUT2D eigenvalue weighted by Gasteiger charge is 2.42. The van der Waals surface area contributed by atoms with Crippen molar-refractivity contribution in [2.24, 2.45) is 9.39 Å². The third-order valence-corrected chi connectivity index (χ3v) is 7.30. The van der Waals surface area contributed by atoms with Gasteiger partial charge < -0.3 is 9.47 Å². The summed E-state index contributed by atoms with van der Waals surface area (Å²) < 4.78 is 39.9. The number of methoxy groups -OCH3 is 1. The summed E-state index contributed by atoms with van der Waals surface area (Å²) >= 11 is 0.763. The van der Waals surface area contributed by atoms with E-state index < -0.39 is 15.7 Å². The van der Waals surface area contributed by atoms with Crippen LogP contribution in [0.15, 0.2) is 63.5 Å². The van der Waals surface area contributed by atoms with Crippen LogP contribution in [0.1, 0.15) is 18.1 Å². The fourth-order valence-electron chi connectivity index (χ4n) is 3.12. The van der Waals surface area contributed by atoms with Crippen molar-refractivity contribution in [1.29, 1.82) is 5.41 Å². The van der Waals surface area contributed by atoms with Gasteiger partial charge in [0, 0.05) is 0 Å². The van der Waals surface area contributed by atoms with E-state index in [1.54, 1.807) is 18.2 Å². The van der Waals surface area contributed by atoms with Gasteiger partial charge in [-0.3, -0.25) is 10.2 Å². The van der Waals surface area contributed by atoms with Gasteiger partial charge in [-0.1, -0.05) is 43.3 Å². The minimum atomic E-state index is -3.70. The smallest absolute Gasteiger partial charge is 0.283 e. The molecule has 0 saturated carbocycles. The first-order valence-corrected chi connectivity index (χ1v) is 12.3. The maximum absolute atomic E-state index is 12.6. The number of nitrogens with zero attached hydrogens (tertiary/aromatic N) is 3. The van der Waals surface area contributed by atoms with Gasteiger partial charge in [-0.2, -0.15) is 9.39 Å². The van der Waals surface area contributed by atoms with Gasteiger partial charge in [0.15, 0.2) is 11.5 Å². The number of fused-ring (bicyclic) bond motifs is 1. The van der Waals surface area contributed by atoms with Crippen LogP contribution in [0.4, 0.5) is 0 Å². The molecule has 0 saturated heterocycles. The second-order valence-electron chi connectivity index (χ2n) is 6.99. The molecule has 0 unspecified atom stereocenters. The van der Waals surface area contributed by atoms with Gasteiger partial charge in [-0.05, 0) is 29.3 Å². The van der Waals surface area contributed by atoms with Crippen molar-refractivity contribution >= 4 is 49.9 Å². The largest absolute Gasteiger partial charge is 0.493 e. The molecule has 2 aliphatic heterocycles. The summed E-state index contributed by atoms with van der Waals surface area (Å²) in [6, 6.07) is 14.8. The van der Waals surface area contributed by atoms with Gasteiger partial charge in [0.1, 0.15) is 12.4 Å². The number of carbonyl (C=O) groups excluding carboxylic acids is 1. The molecule has 9 nitrogen and oxygen atoms in total. The lowest BCUT2D eigenvalue weighted by molar-refractivity contribution is -0.114. The molecule has 0 radical (unpaired) electrons. The number of hydrogen-bond acceptors (Lipinski definition) is 8. The molecule has 2 aromatic rings. The molecule has 2 aromatic carbocycles. The molecule has 0 bridgehead atoms. The summed E-state index contributed by atoms with van der Waals surface area (Å²) in [5.74, 6) is -0.153. The first-order chi connectivity index (χ1) is 15.8. The molecule has 11 heteroatoms. The van der Waals surface area contributed by atoms with Crippen LogP contribution >= 0.6 is 11.9 Å². The average molecular weight is 485 g/mol. The van der Waals surface area contributed by atoms with E-state index in [0.29, 0.717) is 23.7 Å². The van der Waals surface area contributed by atoms with Gasteiger partial charge >= 0.3 is 0 Å². The monoisotopic (exact) mass is 484 g/mol. The third-order valence-electron chi connectivity index (χ3n) is 4.89. The summed E-state index contributed by atoms with van der Waals surface area (Å²) in [6.07, 6.45) is 1.47. The normalized spacial score (nSPS) is 17.0. The molecule has 170 valence electrons. The van der Waals surface area contributed by atoms with E-state index in [1.807, 2.05) is 30.3 Å². The van der Waals surface area contributed by atoms with Crippen molar-refractivity contribution in [2.75, 3.05) is 12.9 Å². The average Bonchev–Trinajstić information content (AvgIpc) is 3.26. The van der Waals surface area contributed by atoms with Gasteiger partial charge in [0.25, 0.3) is 5.91 Å². The number of sulfone groups is 1. The molecule has 1 amide bonds. The Morgan fingerprint density at radius 3 is 2.61 bits per heavy atom. The second-order valence-corrected chi connectivity index (χ2v) is 9.90. The van der Waals surface area contributed by atoms with Crippen molar-refractivity contribution in [3.05, 3.63) is 65.2 Å². The van der Waals surface area contributed by atoms with Crippen LogP contribution in [0.3, 0.4) is 0 Å². The Balaban J connectivity index is 1.61. The third kappa shape index (κ3) is 4.55. The fourth-order valence-corrected chi connectivity index (χ4v) is 5.09. The van der Waals surface area contributed by atoms with Crippen molar-refractivity contribution in [3.63, 3.8) is 0 Å². The highest BCUT2D eigenvalue weighted by Crippen LogP contribution is 2.32. The zero-order valence-electron chi connectivity index (χ0n) is 17.8. The number of ether oxygens (including phenoxy) is 2. The second kappa shape index (κ2) is 9.20. The molecular formula is C22H20N4O5S2. The molecule has 2 aliphatic rings. The van der Waals surface area contributed by atoms with E-state index in [1.165, 1.54) is 20.1 Å². The van der Waals surface area contributed by atoms with Crippen LogP contribution in [0, 0.1) is 5.41 Å². The molecule has 0 aliphatic carbocycles. The molecule has 1 N–H and O–H groups in total. The van der Waals surface area contributed by atoms with E-state index in [4.69, 9.17) is 14.9 Å². The van der Waals surface area contributed by atoms with E-state index in [0.717, 1.165) is 22.4 Å². The van der Waals surface area contributed by atoms with Crippen LogP contribution in [-0.4, -0.2) is 48.3 Å². The highest BCUT2D eigenvalue weighted by atomic mass is 32.2. The summed E-state index contributed by atoms with van der Waals surface area (Å²) in [5, 5.41) is 8.24. The Bertz CT molecular complexity index is 1320. The highest BCUT2D eigenvalue weighted by molar-refractivity contribution is 8.16. The maximum Gasteiger partial charge on any atom is 0.283 e. The number of rotatable bonds is 6.